The van der Waals surface area contributed by atoms with Gasteiger partial charge in [0.1, 0.15) is 17.5 Å². The monoisotopic (exact) mass is 268 g/mol. The van der Waals surface area contributed by atoms with Crippen LogP contribution in [0.15, 0.2) is 29.6 Å². The highest BCUT2D eigenvalue weighted by molar-refractivity contribution is 7.14. The third-order valence-corrected chi connectivity index (χ3v) is 3.24. The van der Waals surface area contributed by atoms with Gasteiger partial charge in [0.05, 0.1) is 6.54 Å². The minimum atomic E-state index is 0.525. The number of thiazole rings is 1. The molecule has 0 aliphatic rings. The Balaban J connectivity index is 1.73. The van der Waals surface area contributed by atoms with Crippen molar-refractivity contribution in [3.05, 3.63) is 40.4 Å². The maximum atomic E-state index is 5.71. The van der Waals surface area contributed by atoms with E-state index in [0.29, 0.717) is 18.3 Å². The van der Waals surface area contributed by atoms with E-state index in [9.17, 15) is 0 Å². The van der Waals surface area contributed by atoms with Crippen molar-refractivity contribution in [2.75, 3.05) is 18.5 Å². The molecule has 1 aromatic carbocycles. The summed E-state index contributed by atoms with van der Waals surface area (Å²) in [5, 5.41) is 6.29. The van der Waals surface area contributed by atoms with Gasteiger partial charge in [0, 0.05) is 5.38 Å². The molecule has 2 rings (SSSR count). The first kappa shape index (κ1) is 12.2. The SMILES string of the molecule is Cc1cccc(OCCNc2nc(Cl)cs2)c1. The lowest BCUT2D eigenvalue weighted by Gasteiger charge is -2.07. The van der Waals surface area contributed by atoms with E-state index >= 15 is 0 Å². The largest absolute Gasteiger partial charge is 0.492 e. The van der Waals surface area contributed by atoms with Crippen LogP contribution in [0.3, 0.4) is 0 Å². The van der Waals surface area contributed by atoms with Gasteiger partial charge in [0.2, 0.25) is 0 Å². The smallest absolute Gasteiger partial charge is 0.184 e. The van der Waals surface area contributed by atoms with Crippen molar-refractivity contribution in [2.24, 2.45) is 0 Å². The molecule has 17 heavy (non-hydrogen) atoms. The molecule has 0 atom stereocenters. The summed E-state index contributed by atoms with van der Waals surface area (Å²) < 4.78 is 5.60. The second-order valence-electron chi connectivity index (χ2n) is 3.57. The molecule has 0 aliphatic carbocycles. The van der Waals surface area contributed by atoms with Gasteiger partial charge >= 0.3 is 0 Å². The van der Waals surface area contributed by atoms with Crippen LogP contribution in [0.2, 0.25) is 5.15 Å². The highest BCUT2D eigenvalue weighted by Crippen LogP contribution is 2.18. The zero-order chi connectivity index (χ0) is 12.1. The molecule has 0 radical (unpaired) electrons. The average Bonchev–Trinajstić information content (AvgIpc) is 2.71. The first-order valence-corrected chi connectivity index (χ1v) is 6.54. The lowest BCUT2D eigenvalue weighted by molar-refractivity contribution is 0.332. The van der Waals surface area contributed by atoms with Crippen LogP contribution in [0.5, 0.6) is 5.75 Å². The molecule has 0 saturated heterocycles. The fourth-order valence-corrected chi connectivity index (χ4v) is 2.23. The molecule has 0 bridgehead atoms. The summed E-state index contributed by atoms with van der Waals surface area (Å²) in [5.74, 6) is 0.893. The molecule has 0 amide bonds. The van der Waals surface area contributed by atoms with E-state index in [1.54, 1.807) is 5.38 Å². The van der Waals surface area contributed by atoms with E-state index in [-0.39, 0.29) is 0 Å². The summed E-state index contributed by atoms with van der Waals surface area (Å²) in [4.78, 5) is 4.09. The molecular weight excluding hydrogens is 256 g/mol. The number of halogens is 1. The van der Waals surface area contributed by atoms with Gasteiger partial charge in [-0.25, -0.2) is 4.98 Å². The zero-order valence-electron chi connectivity index (χ0n) is 9.44. The first-order chi connectivity index (χ1) is 8.24. The van der Waals surface area contributed by atoms with Crippen LogP contribution in [-0.4, -0.2) is 18.1 Å². The summed E-state index contributed by atoms with van der Waals surface area (Å²) >= 11 is 7.20. The fourth-order valence-electron chi connectivity index (χ4n) is 1.37. The summed E-state index contributed by atoms with van der Waals surface area (Å²) in [6.07, 6.45) is 0. The van der Waals surface area contributed by atoms with Crippen molar-refractivity contribution in [3.63, 3.8) is 0 Å². The number of nitrogens with zero attached hydrogens (tertiary/aromatic N) is 1. The van der Waals surface area contributed by atoms with E-state index in [0.717, 1.165) is 10.9 Å². The van der Waals surface area contributed by atoms with E-state index in [1.807, 2.05) is 31.2 Å². The van der Waals surface area contributed by atoms with Crippen molar-refractivity contribution in [3.8, 4) is 5.75 Å². The molecule has 90 valence electrons. The van der Waals surface area contributed by atoms with Crippen molar-refractivity contribution < 1.29 is 4.74 Å². The van der Waals surface area contributed by atoms with Crippen molar-refractivity contribution in [1.82, 2.24) is 4.98 Å². The van der Waals surface area contributed by atoms with E-state index in [1.165, 1.54) is 16.9 Å². The minimum Gasteiger partial charge on any atom is -0.492 e. The van der Waals surface area contributed by atoms with Crippen LogP contribution < -0.4 is 10.1 Å². The Bertz CT molecular complexity index is 487. The van der Waals surface area contributed by atoms with Gasteiger partial charge in [-0.3, -0.25) is 0 Å². The normalized spacial score (nSPS) is 10.2. The molecule has 5 heteroatoms. The predicted octanol–water partition coefficient (Wildman–Crippen LogP) is 3.60. The number of nitrogens with one attached hydrogen (secondary N) is 1. The number of hydrogen-bond acceptors (Lipinski definition) is 4. The molecule has 0 unspecified atom stereocenters. The van der Waals surface area contributed by atoms with Crippen LogP contribution >= 0.6 is 22.9 Å². The Morgan fingerprint density at radius 2 is 2.35 bits per heavy atom. The lowest BCUT2D eigenvalue weighted by atomic mass is 10.2. The molecule has 3 nitrogen and oxygen atoms in total. The van der Waals surface area contributed by atoms with Gasteiger partial charge in [-0.05, 0) is 24.6 Å². The van der Waals surface area contributed by atoms with Crippen LogP contribution in [0.1, 0.15) is 5.56 Å². The topological polar surface area (TPSA) is 34.1 Å². The summed E-state index contributed by atoms with van der Waals surface area (Å²) in [6, 6.07) is 7.99. The molecule has 1 N–H and O–H groups in total. The Morgan fingerprint density at radius 1 is 1.47 bits per heavy atom. The lowest BCUT2D eigenvalue weighted by Crippen LogP contribution is -2.11. The number of ether oxygens (including phenoxy) is 1. The molecule has 1 heterocycles. The van der Waals surface area contributed by atoms with Crippen molar-refractivity contribution >= 4 is 28.1 Å². The number of aromatic nitrogens is 1. The Morgan fingerprint density at radius 3 is 3.06 bits per heavy atom. The maximum absolute atomic E-state index is 5.71. The quantitative estimate of drug-likeness (QED) is 0.842. The summed E-state index contributed by atoms with van der Waals surface area (Å²) in [5.41, 5.74) is 1.20. The molecule has 2 aromatic rings. The highest BCUT2D eigenvalue weighted by Gasteiger charge is 1.98. The van der Waals surface area contributed by atoms with Gasteiger partial charge < -0.3 is 10.1 Å². The minimum absolute atomic E-state index is 0.525. The molecule has 0 fully saturated rings. The second-order valence-corrected chi connectivity index (χ2v) is 4.81. The third kappa shape index (κ3) is 3.91. The maximum Gasteiger partial charge on any atom is 0.184 e. The van der Waals surface area contributed by atoms with E-state index in [2.05, 4.69) is 10.3 Å². The zero-order valence-corrected chi connectivity index (χ0v) is 11.0. The number of hydrogen-bond donors (Lipinski definition) is 1. The van der Waals surface area contributed by atoms with Crippen LogP contribution in [0.25, 0.3) is 0 Å². The van der Waals surface area contributed by atoms with Crippen LogP contribution in [0, 0.1) is 6.92 Å². The van der Waals surface area contributed by atoms with Gasteiger partial charge in [-0.15, -0.1) is 11.3 Å². The number of rotatable bonds is 5. The molecule has 0 saturated carbocycles. The van der Waals surface area contributed by atoms with Gasteiger partial charge in [0.15, 0.2) is 5.13 Å². The van der Waals surface area contributed by atoms with Crippen LogP contribution in [-0.2, 0) is 0 Å². The average molecular weight is 269 g/mol. The van der Waals surface area contributed by atoms with E-state index in [4.69, 9.17) is 16.3 Å². The van der Waals surface area contributed by atoms with E-state index < -0.39 is 0 Å². The molecule has 0 aliphatic heterocycles. The summed E-state index contributed by atoms with van der Waals surface area (Å²) in [6.45, 7) is 3.35. The molecule has 0 spiro atoms. The first-order valence-electron chi connectivity index (χ1n) is 5.28. The van der Waals surface area contributed by atoms with Gasteiger partial charge in [-0.1, -0.05) is 23.7 Å². The third-order valence-electron chi connectivity index (χ3n) is 2.11. The van der Waals surface area contributed by atoms with Gasteiger partial charge in [0.25, 0.3) is 0 Å². The Labute approximate surface area is 109 Å². The highest BCUT2D eigenvalue weighted by atomic mass is 35.5. The standard InChI is InChI=1S/C12H13ClN2OS/c1-9-3-2-4-10(7-9)16-6-5-14-12-15-11(13)8-17-12/h2-4,7-8H,5-6H2,1H3,(H,14,15). The summed E-state index contributed by atoms with van der Waals surface area (Å²) in [7, 11) is 0. The number of aryl methyl sites for hydroxylation is 1. The molecule has 1 aromatic heterocycles. The molecular formula is C12H13ClN2OS. The van der Waals surface area contributed by atoms with Gasteiger partial charge in [-0.2, -0.15) is 0 Å². The van der Waals surface area contributed by atoms with Crippen LogP contribution in [0.4, 0.5) is 5.13 Å². The fraction of sp³-hybridized carbons (Fsp3) is 0.250. The Hall–Kier alpha value is -1.26. The number of benzene rings is 1. The second kappa shape index (κ2) is 5.89. The van der Waals surface area contributed by atoms with Crippen molar-refractivity contribution in [1.29, 1.82) is 0 Å². The predicted molar refractivity (Wildman–Crippen MR) is 72.3 cm³/mol. The van der Waals surface area contributed by atoms with Crippen molar-refractivity contribution in [2.45, 2.75) is 6.92 Å². The number of anilines is 1. The Kier molecular flexibility index (Phi) is 4.23.